The number of nitrogen functional groups attached to an aromatic ring is 1. The van der Waals surface area contributed by atoms with Crippen LogP contribution in [0.4, 0.5) is 11.6 Å². The fourth-order valence-electron chi connectivity index (χ4n) is 1.57. The first-order chi connectivity index (χ1) is 8.83. The van der Waals surface area contributed by atoms with Crippen LogP contribution in [-0.4, -0.2) is 17.1 Å². The van der Waals surface area contributed by atoms with E-state index in [0.717, 1.165) is 11.3 Å². The van der Waals surface area contributed by atoms with Crippen LogP contribution >= 0.6 is 0 Å². The van der Waals surface area contributed by atoms with E-state index in [1.807, 2.05) is 24.3 Å². The van der Waals surface area contributed by atoms with E-state index >= 15 is 0 Å². The summed E-state index contributed by atoms with van der Waals surface area (Å²) in [5.74, 6) is 7.39. The Labute approximate surface area is 105 Å². The van der Waals surface area contributed by atoms with Gasteiger partial charge in [0.1, 0.15) is 23.7 Å². The van der Waals surface area contributed by atoms with Gasteiger partial charge in [0.05, 0.1) is 7.11 Å². The monoisotopic (exact) mass is 245 g/mol. The van der Waals surface area contributed by atoms with Crippen molar-refractivity contribution in [2.24, 2.45) is 5.84 Å². The molecule has 0 aliphatic heterocycles. The third-order valence-electron chi connectivity index (χ3n) is 2.47. The second-order valence-electron chi connectivity index (χ2n) is 3.60. The van der Waals surface area contributed by atoms with Gasteiger partial charge in [0.2, 0.25) is 0 Å². The van der Waals surface area contributed by atoms with Gasteiger partial charge in [-0.15, -0.1) is 0 Å². The zero-order valence-corrected chi connectivity index (χ0v) is 10.1. The summed E-state index contributed by atoms with van der Waals surface area (Å²) in [5.41, 5.74) is 3.53. The van der Waals surface area contributed by atoms with Crippen molar-refractivity contribution in [3.8, 4) is 5.75 Å². The largest absolute Gasteiger partial charge is 0.496 e. The summed E-state index contributed by atoms with van der Waals surface area (Å²) in [6, 6.07) is 9.55. The van der Waals surface area contributed by atoms with Crippen LogP contribution in [0.5, 0.6) is 5.75 Å². The highest BCUT2D eigenvalue weighted by Crippen LogP contribution is 2.18. The molecule has 0 aliphatic rings. The highest BCUT2D eigenvalue weighted by molar-refractivity contribution is 5.46. The van der Waals surface area contributed by atoms with Crippen LogP contribution in [0.15, 0.2) is 36.7 Å². The third kappa shape index (κ3) is 2.86. The van der Waals surface area contributed by atoms with Gasteiger partial charge in [0, 0.05) is 18.2 Å². The second kappa shape index (κ2) is 5.83. The molecule has 94 valence electrons. The predicted octanol–water partition coefficient (Wildman–Crippen LogP) is 1.38. The van der Waals surface area contributed by atoms with Crippen LogP contribution < -0.4 is 21.3 Å². The van der Waals surface area contributed by atoms with Crippen molar-refractivity contribution in [2.45, 2.75) is 6.54 Å². The van der Waals surface area contributed by atoms with Gasteiger partial charge >= 0.3 is 0 Å². The molecule has 4 N–H and O–H groups in total. The molecule has 0 saturated carbocycles. The number of hydrogen-bond donors (Lipinski definition) is 3. The van der Waals surface area contributed by atoms with E-state index in [4.69, 9.17) is 10.6 Å². The lowest BCUT2D eigenvalue weighted by atomic mass is 10.2. The number of nitrogens with zero attached hydrogens (tertiary/aromatic N) is 2. The summed E-state index contributed by atoms with van der Waals surface area (Å²) >= 11 is 0. The number of nitrogens with two attached hydrogens (primary N) is 1. The van der Waals surface area contributed by atoms with Crippen LogP contribution in [0.2, 0.25) is 0 Å². The Morgan fingerprint density at radius 2 is 2.00 bits per heavy atom. The first-order valence-electron chi connectivity index (χ1n) is 5.48. The Bertz CT molecular complexity index is 517. The number of aromatic nitrogens is 2. The smallest absolute Gasteiger partial charge is 0.145 e. The minimum absolute atomic E-state index is 0.563. The Balaban J connectivity index is 2.06. The van der Waals surface area contributed by atoms with E-state index in [1.165, 1.54) is 6.33 Å². The average molecular weight is 245 g/mol. The molecule has 1 aromatic heterocycles. The predicted molar refractivity (Wildman–Crippen MR) is 70.2 cm³/mol. The molecule has 0 aliphatic carbocycles. The summed E-state index contributed by atoms with van der Waals surface area (Å²) < 4.78 is 5.27. The van der Waals surface area contributed by atoms with Gasteiger partial charge in [0.15, 0.2) is 0 Å². The van der Waals surface area contributed by atoms with Crippen molar-refractivity contribution in [1.29, 1.82) is 0 Å². The molecule has 0 amide bonds. The first-order valence-corrected chi connectivity index (χ1v) is 5.48. The molecule has 0 atom stereocenters. The van der Waals surface area contributed by atoms with E-state index in [-0.39, 0.29) is 0 Å². The van der Waals surface area contributed by atoms with E-state index < -0.39 is 0 Å². The fraction of sp³-hybridized carbons (Fsp3) is 0.167. The molecule has 2 rings (SSSR count). The normalized spacial score (nSPS) is 9.89. The van der Waals surface area contributed by atoms with Gasteiger partial charge in [-0.1, -0.05) is 18.2 Å². The Kier molecular flexibility index (Phi) is 3.93. The van der Waals surface area contributed by atoms with Crippen molar-refractivity contribution in [1.82, 2.24) is 9.97 Å². The van der Waals surface area contributed by atoms with Gasteiger partial charge in [0.25, 0.3) is 0 Å². The van der Waals surface area contributed by atoms with Gasteiger partial charge in [-0.3, -0.25) is 0 Å². The van der Waals surface area contributed by atoms with Gasteiger partial charge in [-0.25, -0.2) is 15.8 Å². The summed E-state index contributed by atoms with van der Waals surface area (Å²) in [4.78, 5) is 8.03. The first kappa shape index (κ1) is 12.1. The third-order valence-corrected chi connectivity index (χ3v) is 2.47. The number of benzene rings is 1. The van der Waals surface area contributed by atoms with Gasteiger partial charge in [-0.2, -0.15) is 0 Å². The summed E-state index contributed by atoms with van der Waals surface area (Å²) in [6.45, 7) is 0.616. The quantitative estimate of drug-likeness (QED) is 0.545. The molecule has 0 unspecified atom stereocenters. The van der Waals surface area contributed by atoms with E-state index in [2.05, 4.69) is 20.7 Å². The minimum Gasteiger partial charge on any atom is -0.496 e. The summed E-state index contributed by atoms with van der Waals surface area (Å²) in [6.07, 6.45) is 1.44. The topological polar surface area (TPSA) is 85.1 Å². The highest BCUT2D eigenvalue weighted by Gasteiger charge is 2.02. The number of hydrazine groups is 1. The molecule has 0 spiro atoms. The molecule has 0 saturated heterocycles. The Hall–Kier alpha value is -2.34. The molecule has 6 heteroatoms. The average Bonchev–Trinajstić information content (AvgIpc) is 2.45. The maximum atomic E-state index is 5.28. The number of para-hydroxylation sites is 1. The van der Waals surface area contributed by atoms with Crippen LogP contribution in [0.1, 0.15) is 5.56 Å². The van der Waals surface area contributed by atoms with Gasteiger partial charge in [-0.05, 0) is 6.07 Å². The summed E-state index contributed by atoms with van der Waals surface area (Å²) in [5, 5.41) is 3.18. The lowest BCUT2D eigenvalue weighted by Gasteiger charge is -2.10. The standard InChI is InChI=1S/C12H15N5O/c1-18-10-5-3-2-4-9(10)7-14-11-6-12(17-13)16-8-15-11/h2-6,8H,7,13H2,1H3,(H2,14,15,16,17). The molecule has 6 nitrogen and oxygen atoms in total. The molecule has 2 aromatic rings. The minimum atomic E-state index is 0.563. The Morgan fingerprint density at radius 3 is 2.78 bits per heavy atom. The van der Waals surface area contributed by atoms with Crippen molar-refractivity contribution in [3.63, 3.8) is 0 Å². The SMILES string of the molecule is COc1ccccc1CNc1cc(NN)ncn1. The van der Waals surface area contributed by atoms with E-state index in [9.17, 15) is 0 Å². The molecule has 18 heavy (non-hydrogen) atoms. The van der Waals surface area contributed by atoms with E-state index in [1.54, 1.807) is 13.2 Å². The number of anilines is 2. The van der Waals surface area contributed by atoms with Crippen molar-refractivity contribution in [3.05, 3.63) is 42.2 Å². The van der Waals surface area contributed by atoms with Crippen LogP contribution in [0.25, 0.3) is 0 Å². The maximum absolute atomic E-state index is 5.28. The Morgan fingerprint density at radius 1 is 1.22 bits per heavy atom. The van der Waals surface area contributed by atoms with Gasteiger partial charge < -0.3 is 15.5 Å². The summed E-state index contributed by atoms with van der Waals surface area (Å²) in [7, 11) is 1.65. The lowest BCUT2D eigenvalue weighted by Crippen LogP contribution is -2.10. The molecule has 0 bridgehead atoms. The fourth-order valence-corrected chi connectivity index (χ4v) is 1.57. The van der Waals surface area contributed by atoms with Crippen molar-refractivity contribution in [2.75, 3.05) is 17.9 Å². The highest BCUT2D eigenvalue weighted by atomic mass is 16.5. The number of methoxy groups -OCH3 is 1. The number of ether oxygens (including phenoxy) is 1. The van der Waals surface area contributed by atoms with Crippen LogP contribution in [0.3, 0.4) is 0 Å². The van der Waals surface area contributed by atoms with E-state index in [0.29, 0.717) is 18.2 Å². The second-order valence-corrected chi connectivity index (χ2v) is 3.60. The molecule has 1 heterocycles. The van der Waals surface area contributed by atoms with Crippen LogP contribution in [-0.2, 0) is 6.54 Å². The number of rotatable bonds is 5. The molecular weight excluding hydrogens is 230 g/mol. The van der Waals surface area contributed by atoms with Crippen molar-refractivity contribution >= 4 is 11.6 Å². The zero-order valence-electron chi connectivity index (χ0n) is 10.1. The number of nitrogens with one attached hydrogen (secondary N) is 2. The molecule has 1 aromatic carbocycles. The lowest BCUT2D eigenvalue weighted by molar-refractivity contribution is 0.410. The molecule has 0 fully saturated rings. The van der Waals surface area contributed by atoms with Crippen molar-refractivity contribution < 1.29 is 4.74 Å². The zero-order chi connectivity index (χ0) is 12.8. The van der Waals surface area contributed by atoms with Crippen LogP contribution in [0, 0.1) is 0 Å². The molecule has 0 radical (unpaired) electrons. The maximum Gasteiger partial charge on any atom is 0.145 e. The molecular formula is C12H15N5O. The number of hydrogen-bond acceptors (Lipinski definition) is 6.